The zero-order chi connectivity index (χ0) is 27.6. The third-order valence-corrected chi connectivity index (χ3v) is 7.51. The van der Waals surface area contributed by atoms with E-state index in [2.05, 4.69) is 5.10 Å². The molecule has 0 radical (unpaired) electrons. The molecule has 3 aromatic heterocycles. The molecule has 0 unspecified atom stereocenters. The Morgan fingerprint density at radius 3 is 2.54 bits per heavy atom. The number of aryl methyl sites for hydroxylation is 1. The predicted molar refractivity (Wildman–Crippen MR) is 138 cm³/mol. The van der Waals surface area contributed by atoms with E-state index in [1.165, 1.54) is 4.57 Å². The van der Waals surface area contributed by atoms with Crippen LogP contribution in [0.3, 0.4) is 0 Å². The van der Waals surface area contributed by atoms with Gasteiger partial charge in [0.25, 0.3) is 5.56 Å². The minimum Gasteiger partial charge on any atom is -0.367 e. The van der Waals surface area contributed by atoms with Gasteiger partial charge in [-0.15, -0.1) is 0 Å². The fourth-order valence-corrected chi connectivity index (χ4v) is 5.14. The third kappa shape index (κ3) is 4.69. The number of morpholine rings is 1. The molecule has 6 rings (SSSR count). The summed E-state index contributed by atoms with van der Waals surface area (Å²) in [6.07, 6.45) is 0.836. The normalized spacial score (nSPS) is 20.1. The van der Waals surface area contributed by atoms with Gasteiger partial charge in [-0.05, 0) is 57.0 Å². The van der Waals surface area contributed by atoms with E-state index in [-0.39, 0.29) is 29.0 Å². The number of aromatic nitrogens is 4. The SMILES string of the molecule is Cc1cc2c(-c3ccc(C(F)(F)F)cc3F)nc(N3C[C@@H](C)O[C@H](c4cnn(C5CC5)c4)C3)cc2c(=O)n1C. The lowest BCUT2D eigenvalue weighted by Crippen LogP contribution is -2.43. The fraction of sp³-hybridized carbons (Fsp3) is 0.393. The molecule has 39 heavy (non-hydrogen) atoms. The molecular formula is C28H27F4N5O2. The molecule has 1 saturated heterocycles. The second-order valence-electron chi connectivity index (χ2n) is 10.5. The van der Waals surface area contributed by atoms with Crippen molar-refractivity contribution in [2.75, 3.05) is 18.0 Å². The molecule has 1 saturated carbocycles. The second-order valence-corrected chi connectivity index (χ2v) is 10.5. The maximum Gasteiger partial charge on any atom is 0.416 e. The van der Waals surface area contributed by atoms with E-state index in [1.807, 2.05) is 22.7 Å². The lowest BCUT2D eigenvalue weighted by molar-refractivity contribution is -0.137. The van der Waals surface area contributed by atoms with E-state index < -0.39 is 17.6 Å². The Bertz CT molecular complexity index is 1640. The zero-order valence-electron chi connectivity index (χ0n) is 21.7. The van der Waals surface area contributed by atoms with E-state index in [4.69, 9.17) is 9.72 Å². The van der Waals surface area contributed by atoms with Crippen molar-refractivity contribution in [1.29, 1.82) is 0 Å². The number of anilines is 1. The van der Waals surface area contributed by atoms with Crippen molar-refractivity contribution >= 4 is 16.6 Å². The maximum absolute atomic E-state index is 15.2. The Labute approximate surface area is 221 Å². The van der Waals surface area contributed by atoms with Crippen LogP contribution in [-0.4, -0.2) is 38.5 Å². The summed E-state index contributed by atoms with van der Waals surface area (Å²) >= 11 is 0. The molecule has 11 heteroatoms. The van der Waals surface area contributed by atoms with Crippen LogP contribution in [0.1, 0.15) is 48.7 Å². The predicted octanol–water partition coefficient (Wildman–Crippen LogP) is 5.56. The summed E-state index contributed by atoms with van der Waals surface area (Å²) in [5.74, 6) is -0.637. The Morgan fingerprint density at radius 2 is 1.85 bits per heavy atom. The number of fused-ring (bicyclic) bond motifs is 1. The fourth-order valence-electron chi connectivity index (χ4n) is 5.14. The van der Waals surface area contributed by atoms with Crippen LogP contribution in [0.4, 0.5) is 23.4 Å². The summed E-state index contributed by atoms with van der Waals surface area (Å²) in [4.78, 5) is 20.0. The van der Waals surface area contributed by atoms with E-state index in [0.717, 1.165) is 30.5 Å². The van der Waals surface area contributed by atoms with E-state index in [1.54, 1.807) is 32.3 Å². The average molecular weight is 542 g/mol. The van der Waals surface area contributed by atoms with Crippen LogP contribution in [0, 0.1) is 12.7 Å². The van der Waals surface area contributed by atoms with Gasteiger partial charge in [0.05, 0.1) is 41.5 Å². The van der Waals surface area contributed by atoms with E-state index >= 15 is 4.39 Å². The molecule has 0 spiro atoms. The zero-order valence-corrected chi connectivity index (χ0v) is 21.7. The van der Waals surface area contributed by atoms with Crippen LogP contribution < -0.4 is 10.5 Å². The number of nitrogens with zero attached hydrogens (tertiary/aromatic N) is 5. The highest BCUT2D eigenvalue weighted by Gasteiger charge is 2.33. The minimum atomic E-state index is -4.69. The first-order chi connectivity index (χ1) is 18.5. The van der Waals surface area contributed by atoms with Gasteiger partial charge in [0.15, 0.2) is 0 Å². The van der Waals surface area contributed by atoms with E-state index in [0.29, 0.717) is 47.5 Å². The van der Waals surface area contributed by atoms with Crippen LogP contribution in [0.5, 0.6) is 0 Å². The molecule has 4 heterocycles. The van der Waals surface area contributed by atoms with Gasteiger partial charge in [-0.1, -0.05) is 0 Å². The summed E-state index contributed by atoms with van der Waals surface area (Å²) in [6.45, 7) is 4.55. The van der Waals surface area contributed by atoms with Crippen molar-refractivity contribution < 1.29 is 22.3 Å². The van der Waals surface area contributed by atoms with E-state index in [9.17, 15) is 18.0 Å². The Kier molecular flexibility index (Phi) is 6.01. The molecule has 7 nitrogen and oxygen atoms in total. The third-order valence-electron chi connectivity index (χ3n) is 7.51. The largest absolute Gasteiger partial charge is 0.416 e. The van der Waals surface area contributed by atoms with Gasteiger partial charge < -0.3 is 14.2 Å². The summed E-state index contributed by atoms with van der Waals surface area (Å²) < 4.78 is 64.5. The van der Waals surface area contributed by atoms with Crippen molar-refractivity contribution in [2.45, 2.75) is 51.1 Å². The number of benzene rings is 1. The molecular weight excluding hydrogens is 514 g/mol. The van der Waals surface area contributed by atoms with Crippen LogP contribution in [0.15, 0.2) is 47.5 Å². The molecule has 0 N–H and O–H groups in total. The second kappa shape index (κ2) is 9.18. The molecule has 0 amide bonds. The van der Waals surface area contributed by atoms with Crippen LogP contribution in [-0.2, 0) is 18.0 Å². The molecule has 0 bridgehead atoms. The van der Waals surface area contributed by atoms with Gasteiger partial charge in [0.2, 0.25) is 0 Å². The number of pyridine rings is 2. The van der Waals surface area contributed by atoms with Crippen LogP contribution >= 0.6 is 0 Å². The average Bonchev–Trinajstić information content (AvgIpc) is 3.62. The quantitative estimate of drug-likeness (QED) is 0.317. The minimum absolute atomic E-state index is 0.105. The van der Waals surface area contributed by atoms with Gasteiger partial charge in [0.1, 0.15) is 17.7 Å². The lowest BCUT2D eigenvalue weighted by Gasteiger charge is -2.37. The molecule has 1 aliphatic carbocycles. The highest BCUT2D eigenvalue weighted by Crippen LogP contribution is 2.38. The molecule has 2 fully saturated rings. The van der Waals surface area contributed by atoms with Gasteiger partial charge in [-0.2, -0.15) is 18.3 Å². The number of alkyl halides is 3. The maximum atomic E-state index is 15.2. The van der Waals surface area contributed by atoms with Crippen molar-refractivity contribution in [1.82, 2.24) is 19.3 Å². The summed E-state index contributed by atoms with van der Waals surface area (Å²) in [7, 11) is 1.64. The smallest absolute Gasteiger partial charge is 0.367 e. The Morgan fingerprint density at radius 1 is 1.08 bits per heavy atom. The highest BCUT2D eigenvalue weighted by molar-refractivity contribution is 5.96. The number of halogens is 4. The first-order valence-electron chi connectivity index (χ1n) is 12.8. The number of ether oxygens (including phenoxy) is 1. The first-order valence-corrected chi connectivity index (χ1v) is 12.8. The van der Waals surface area contributed by atoms with Gasteiger partial charge in [0, 0.05) is 42.0 Å². The van der Waals surface area contributed by atoms with Crippen LogP contribution in [0.2, 0.25) is 0 Å². The molecule has 2 atom stereocenters. The standard InChI is InChI=1S/C28H27F4N5O2/c1-15-8-21-22(27(38)35(15)3)10-25(34-26(21)20-7-4-18(9-23(20)29)28(30,31)32)36-12-16(2)39-24(14-36)17-11-33-37(13-17)19-5-6-19/h4,7-11,13,16,19,24H,5-6,12,14H2,1-3H3/t16-,24+/m1/s1. The highest BCUT2D eigenvalue weighted by atomic mass is 19.4. The monoisotopic (exact) mass is 541 g/mol. The summed E-state index contributed by atoms with van der Waals surface area (Å²) in [5, 5.41) is 5.15. The molecule has 204 valence electrons. The summed E-state index contributed by atoms with van der Waals surface area (Å²) in [6, 6.07) is 6.18. The topological polar surface area (TPSA) is 65.2 Å². The molecule has 1 aromatic carbocycles. The molecule has 4 aromatic rings. The first kappa shape index (κ1) is 25.5. The van der Waals surface area contributed by atoms with Crippen molar-refractivity contribution in [3.8, 4) is 11.3 Å². The lowest BCUT2D eigenvalue weighted by atomic mass is 10.0. The van der Waals surface area contributed by atoms with Crippen molar-refractivity contribution in [3.05, 3.63) is 75.7 Å². The van der Waals surface area contributed by atoms with Gasteiger partial charge >= 0.3 is 6.18 Å². The van der Waals surface area contributed by atoms with Gasteiger partial charge in [-0.3, -0.25) is 9.48 Å². The van der Waals surface area contributed by atoms with Crippen LogP contribution in [0.25, 0.3) is 22.0 Å². The van der Waals surface area contributed by atoms with Crippen molar-refractivity contribution in [2.24, 2.45) is 7.05 Å². The molecule has 2 aliphatic rings. The van der Waals surface area contributed by atoms with Crippen molar-refractivity contribution in [3.63, 3.8) is 0 Å². The number of hydrogen-bond acceptors (Lipinski definition) is 5. The van der Waals surface area contributed by atoms with Gasteiger partial charge in [-0.25, -0.2) is 9.37 Å². The molecule has 1 aliphatic heterocycles. The Balaban J connectivity index is 1.47. The summed E-state index contributed by atoms with van der Waals surface area (Å²) in [5.41, 5.74) is 0.166. The Hall–Kier alpha value is -3.73. The number of rotatable bonds is 4. The number of hydrogen-bond donors (Lipinski definition) is 0.